The highest BCUT2D eigenvalue weighted by Gasteiger charge is 2.46. The SMILES string of the molecule is CCN(CC)CC(=O)OCCCCN1C(=O)CCC(N2C(=O)c3ccccc3C2=O)C1=O. The number of ether oxygens (including phenoxy) is 1. The quantitative estimate of drug-likeness (QED) is 0.306. The zero-order valence-electron chi connectivity index (χ0n) is 18.5. The van der Waals surface area contributed by atoms with Crippen LogP contribution in [-0.2, 0) is 19.1 Å². The molecule has 0 aromatic heterocycles. The second-order valence-electron chi connectivity index (χ2n) is 7.85. The molecule has 9 heteroatoms. The van der Waals surface area contributed by atoms with Gasteiger partial charge in [-0.3, -0.25) is 38.7 Å². The highest BCUT2D eigenvalue weighted by molar-refractivity contribution is 6.23. The monoisotopic (exact) mass is 443 g/mol. The number of rotatable bonds is 10. The Hall–Kier alpha value is -3.07. The lowest BCUT2D eigenvalue weighted by atomic mass is 10.0. The molecule has 32 heavy (non-hydrogen) atoms. The molecule has 9 nitrogen and oxygen atoms in total. The lowest BCUT2D eigenvalue weighted by molar-refractivity contribution is -0.152. The fourth-order valence-corrected chi connectivity index (χ4v) is 4.02. The van der Waals surface area contributed by atoms with Crippen molar-refractivity contribution in [1.29, 1.82) is 0 Å². The number of carbonyl (C=O) groups is 5. The largest absolute Gasteiger partial charge is 0.465 e. The molecule has 1 atom stereocenters. The lowest BCUT2D eigenvalue weighted by Crippen LogP contribution is -2.56. The maximum Gasteiger partial charge on any atom is 0.320 e. The van der Waals surface area contributed by atoms with E-state index in [4.69, 9.17) is 4.74 Å². The summed E-state index contributed by atoms with van der Waals surface area (Å²) in [5.74, 6) is -2.16. The van der Waals surface area contributed by atoms with E-state index in [-0.39, 0.29) is 55.5 Å². The van der Waals surface area contributed by atoms with Gasteiger partial charge < -0.3 is 4.74 Å². The molecule has 1 aromatic carbocycles. The summed E-state index contributed by atoms with van der Waals surface area (Å²) < 4.78 is 5.22. The van der Waals surface area contributed by atoms with Gasteiger partial charge in [0.05, 0.1) is 24.3 Å². The molecular formula is C23H29N3O6. The van der Waals surface area contributed by atoms with E-state index in [9.17, 15) is 24.0 Å². The van der Waals surface area contributed by atoms with Crippen molar-refractivity contribution >= 4 is 29.6 Å². The van der Waals surface area contributed by atoms with Crippen LogP contribution >= 0.6 is 0 Å². The minimum Gasteiger partial charge on any atom is -0.465 e. The normalized spacial score (nSPS) is 18.5. The predicted molar refractivity (Wildman–Crippen MR) is 115 cm³/mol. The van der Waals surface area contributed by atoms with E-state index < -0.39 is 23.8 Å². The Morgan fingerprint density at radius 2 is 1.66 bits per heavy atom. The highest BCUT2D eigenvalue weighted by Crippen LogP contribution is 2.29. The maximum atomic E-state index is 13.0. The average molecular weight is 444 g/mol. The first-order valence-electron chi connectivity index (χ1n) is 11.1. The third kappa shape index (κ3) is 4.88. The Bertz CT molecular complexity index is 876. The molecule has 1 aromatic rings. The van der Waals surface area contributed by atoms with Gasteiger partial charge in [-0.25, -0.2) is 0 Å². The van der Waals surface area contributed by atoms with Gasteiger partial charge in [0, 0.05) is 13.0 Å². The van der Waals surface area contributed by atoms with E-state index in [0.717, 1.165) is 22.9 Å². The van der Waals surface area contributed by atoms with Crippen molar-refractivity contribution in [2.75, 3.05) is 32.8 Å². The summed E-state index contributed by atoms with van der Waals surface area (Å²) >= 11 is 0. The van der Waals surface area contributed by atoms with E-state index in [0.29, 0.717) is 12.8 Å². The maximum absolute atomic E-state index is 13.0. The third-order valence-electron chi connectivity index (χ3n) is 5.91. The van der Waals surface area contributed by atoms with Gasteiger partial charge in [0.15, 0.2) is 0 Å². The minimum atomic E-state index is -0.980. The van der Waals surface area contributed by atoms with Crippen LogP contribution in [0.1, 0.15) is 60.2 Å². The van der Waals surface area contributed by atoms with Crippen molar-refractivity contribution in [2.24, 2.45) is 0 Å². The number of imide groups is 2. The Morgan fingerprint density at radius 3 is 2.25 bits per heavy atom. The summed E-state index contributed by atoms with van der Waals surface area (Å²) in [5.41, 5.74) is 0.556. The predicted octanol–water partition coefficient (Wildman–Crippen LogP) is 1.47. The number of likely N-dealkylation sites (tertiary alicyclic amines) is 1. The molecule has 0 radical (unpaired) electrons. The van der Waals surface area contributed by atoms with Crippen LogP contribution in [0.5, 0.6) is 0 Å². The van der Waals surface area contributed by atoms with Crippen molar-refractivity contribution < 1.29 is 28.7 Å². The number of unbranched alkanes of at least 4 members (excludes halogenated alkanes) is 1. The first-order valence-corrected chi connectivity index (χ1v) is 11.1. The summed E-state index contributed by atoms with van der Waals surface area (Å²) in [4.78, 5) is 66.7. The second-order valence-corrected chi connectivity index (χ2v) is 7.85. The van der Waals surface area contributed by atoms with Gasteiger partial charge in [-0.15, -0.1) is 0 Å². The van der Waals surface area contributed by atoms with Crippen LogP contribution in [0.25, 0.3) is 0 Å². The van der Waals surface area contributed by atoms with Gasteiger partial charge in [-0.05, 0) is 44.5 Å². The molecule has 2 heterocycles. The summed E-state index contributed by atoms with van der Waals surface area (Å²) in [6, 6.07) is 5.48. The fourth-order valence-electron chi connectivity index (χ4n) is 4.02. The molecule has 2 aliphatic heterocycles. The van der Waals surface area contributed by atoms with Gasteiger partial charge in [0.25, 0.3) is 17.7 Å². The van der Waals surface area contributed by atoms with E-state index in [1.807, 2.05) is 18.7 Å². The van der Waals surface area contributed by atoms with Crippen LogP contribution in [0.15, 0.2) is 24.3 Å². The van der Waals surface area contributed by atoms with E-state index >= 15 is 0 Å². The molecule has 1 fully saturated rings. The molecule has 3 rings (SSSR count). The first kappa shape index (κ1) is 23.6. The van der Waals surface area contributed by atoms with Crippen LogP contribution in [0.3, 0.4) is 0 Å². The zero-order valence-corrected chi connectivity index (χ0v) is 18.5. The van der Waals surface area contributed by atoms with Crippen molar-refractivity contribution in [3.05, 3.63) is 35.4 Å². The molecule has 4 amide bonds. The Morgan fingerprint density at radius 1 is 1.03 bits per heavy atom. The van der Waals surface area contributed by atoms with E-state index in [2.05, 4.69) is 0 Å². The number of fused-ring (bicyclic) bond motifs is 1. The lowest BCUT2D eigenvalue weighted by Gasteiger charge is -2.34. The van der Waals surface area contributed by atoms with E-state index in [1.54, 1.807) is 24.3 Å². The molecule has 2 aliphatic rings. The Balaban J connectivity index is 1.52. The average Bonchev–Trinajstić information content (AvgIpc) is 3.04. The van der Waals surface area contributed by atoms with Crippen molar-refractivity contribution in [2.45, 2.75) is 45.6 Å². The molecule has 0 saturated carbocycles. The van der Waals surface area contributed by atoms with Crippen LogP contribution in [-0.4, -0.2) is 83.1 Å². The Kier molecular flexibility index (Phi) is 7.74. The van der Waals surface area contributed by atoms with Crippen LogP contribution in [0.2, 0.25) is 0 Å². The standard InChI is InChI=1S/C23H29N3O6/c1-3-24(4-2)15-20(28)32-14-8-7-13-25-19(27)12-11-18(23(25)31)26-21(29)16-9-5-6-10-17(16)22(26)30/h5-6,9-10,18H,3-4,7-8,11-15H2,1-2H3. The number of nitrogens with zero attached hydrogens (tertiary/aromatic N) is 3. The molecule has 0 aliphatic carbocycles. The fraction of sp³-hybridized carbons (Fsp3) is 0.522. The van der Waals surface area contributed by atoms with Gasteiger partial charge in [0.1, 0.15) is 6.04 Å². The van der Waals surface area contributed by atoms with E-state index in [1.165, 1.54) is 0 Å². The summed E-state index contributed by atoms with van der Waals surface area (Å²) in [5, 5.41) is 0. The number of carbonyl (C=O) groups excluding carboxylic acids is 5. The number of hydrogen-bond acceptors (Lipinski definition) is 7. The number of likely N-dealkylation sites (N-methyl/N-ethyl adjacent to an activating group) is 1. The first-order chi connectivity index (χ1) is 15.4. The molecule has 1 saturated heterocycles. The smallest absolute Gasteiger partial charge is 0.320 e. The number of benzene rings is 1. The van der Waals surface area contributed by atoms with Crippen molar-refractivity contribution in [3.63, 3.8) is 0 Å². The topological polar surface area (TPSA) is 104 Å². The second kappa shape index (κ2) is 10.5. The number of amides is 4. The summed E-state index contributed by atoms with van der Waals surface area (Å²) in [6.45, 7) is 6.07. The van der Waals surface area contributed by atoms with Crippen LogP contribution < -0.4 is 0 Å². The zero-order chi connectivity index (χ0) is 23.3. The molecule has 0 bridgehead atoms. The summed E-state index contributed by atoms with van der Waals surface area (Å²) in [7, 11) is 0. The Labute approximate surface area is 187 Å². The van der Waals surface area contributed by atoms with Gasteiger partial charge in [-0.2, -0.15) is 0 Å². The summed E-state index contributed by atoms with van der Waals surface area (Å²) in [6.07, 6.45) is 1.18. The van der Waals surface area contributed by atoms with Crippen LogP contribution in [0, 0.1) is 0 Å². The molecule has 0 N–H and O–H groups in total. The molecule has 1 unspecified atom stereocenters. The van der Waals surface area contributed by atoms with Crippen LogP contribution in [0.4, 0.5) is 0 Å². The molecule has 172 valence electrons. The number of hydrogen-bond donors (Lipinski definition) is 0. The highest BCUT2D eigenvalue weighted by atomic mass is 16.5. The number of esters is 1. The van der Waals surface area contributed by atoms with Gasteiger partial charge >= 0.3 is 5.97 Å². The van der Waals surface area contributed by atoms with Crippen molar-refractivity contribution in [1.82, 2.24) is 14.7 Å². The molecule has 0 spiro atoms. The minimum absolute atomic E-state index is 0.0860. The van der Waals surface area contributed by atoms with Crippen molar-refractivity contribution in [3.8, 4) is 0 Å². The molecular weight excluding hydrogens is 414 g/mol. The van der Waals surface area contributed by atoms with Gasteiger partial charge in [-0.1, -0.05) is 26.0 Å². The third-order valence-corrected chi connectivity index (χ3v) is 5.91. The van der Waals surface area contributed by atoms with Gasteiger partial charge in [0.2, 0.25) is 5.91 Å². The number of piperidine rings is 1.